The molecule has 0 saturated carbocycles. The van der Waals surface area contributed by atoms with Crippen LogP contribution in [-0.2, 0) is 86.4 Å². The number of hydrogen-bond donors (Lipinski definition) is 22. The molecule has 8 rings (SSSR count). The van der Waals surface area contributed by atoms with Crippen LogP contribution in [0, 0.1) is 22.7 Å². The van der Waals surface area contributed by atoms with E-state index in [0.717, 1.165) is 28.5 Å². The number of guanidine groups is 2. The van der Waals surface area contributed by atoms with Crippen molar-refractivity contribution in [1.29, 1.82) is 10.8 Å². The number of aliphatic hydroxyl groups is 2. The molecular formula is C76H111N23O16S2. The van der Waals surface area contributed by atoms with Crippen LogP contribution in [-0.4, -0.2) is 265 Å². The monoisotopic (exact) mass is 1670 g/mol. The minimum absolute atomic E-state index is 0.00264. The fraction of sp³-hybridized carbons (Fsp3) is 0.566. The molecule has 0 unspecified atom stereocenters. The summed E-state index contributed by atoms with van der Waals surface area (Å²) in [5.74, 6) is -16.2. The maximum atomic E-state index is 15.5. The minimum atomic E-state index is -1.95. The molecular weight excluding hydrogens is 1560 g/mol. The number of aliphatic hydroxyl groups excluding tert-OH is 2. The quantitative estimate of drug-likeness (QED) is 0.0174. The average molecular weight is 1670 g/mol. The molecule has 4 saturated heterocycles. The van der Waals surface area contributed by atoms with Gasteiger partial charge in [-0.1, -0.05) is 111 Å². The van der Waals surface area contributed by atoms with E-state index in [1.165, 1.54) is 29.2 Å². The summed E-state index contributed by atoms with van der Waals surface area (Å²) < 4.78 is 0. The van der Waals surface area contributed by atoms with Gasteiger partial charge in [0.15, 0.2) is 11.9 Å². The third-order valence-corrected chi connectivity index (χ3v) is 23.6. The topological polar surface area (TPSA) is 599 Å². The Kier molecular flexibility index (Phi) is 34.6. The van der Waals surface area contributed by atoms with Gasteiger partial charge in [0, 0.05) is 85.9 Å². The first-order valence-corrected chi connectivity index (χ1v) is 41.9. The van der Waals surface area contributed by atoms with Gasteiger partial charge >= 0.3 is 0 Å². The van der Waals surface area contributed by atoms with E-state index in [2.05, 4.69) is 89.4 Å². The van der Waals surface area contributed by atoms with Crippen molar-refractivity contribution < 1.29 is 77.3 Å². The second kappa shape index (κ2) is 44.3. The van der Waals surface area contributed by atoms with E-state index in [4.69, 9.17) is 22.3 Å². The standard InChI is InChI=1S/C76H111N23O16S2/c1-7-39(3)58-71(112)94-54-36-116-117-37-55(69(110)97-60(42(6)101)72(113)86-41(5)61(102)92-53(35-100)67(108)96-59(40(4)8-2)74(115)99-29-17-25-57(99)73(114)98-28-16-24-56(98)70(111)95-58)93-63(104)49(23-15-27-83-76(79)80)88-65(106)51(31-44-33-84-47-21-13-12-20-46(44)47)90-62(103)48(22-14-26-82-75(77)78)87-64(105)50(30-43-18-10-9-11-19-43)89-66(107)52(91-68(54)109)32-45-34-81-38-85-45/h9-13,18-21,33-34,38-42,48-60,84,100-101H,7-8,14-17,22-32,35-37H2,1-6H3,(H,81,85)(H,86,113)(H,87,105)(H,88,106)(H,89,107)(H,90,103)(H,91,109)(H,92,102)(H,93,104)(H,94,112)(H,95,111)(H,96,108)(H,97,110)(H4,77,78,82)(H4,79,80,83)/t39-,40-,41-,42-,48-,49-,50+,51-,52-,53-,54-,55-,56-,57-,58-,59-,60-/m0/s1. The van der Waals surface area contributed by atoms with Crippen molar-refractivity contribution in [2.24, 2.45) is 23.3 Å². The highest BCUT2D eigenvalue weighted by molar-refractivity contribution is 8.76. The molecule has 0 radical (unpaired) electrons. The molecule has 4 aliphatic rings. The lowest BCUT2D eigenvalue weighted by atomic mass is 9.96. The van der Waals surface area contributed by atoms with Gasteiger partial charge in [-0.3, -0.25) is 77.9 Å². The summed E-state index contributed by atoms with van der Waals surface area (Å²) in [6.45, 7) is 8.30. The SMILES string of the molecule is CC[C@H](C)[C@@H]1NC(=O)[C@@H]2CCCN2C(=O)[C@@H]2CCCN2C(=O)[C@H]([C@@H](C)CC)NC(=O)[C@H](CO)NC(=O)[C@H](C)NC(=O)[C@H]([C@H](C)O)NC(=O)[C@@H]2CSSC[C@H](NC1=O)C(=O)N[C@@H](Cc1cnc[nH]1)C(=O)N[C@H](Cc1ccccc1)C(=O)N[C@@H](CCCNC(=N)N)C(=O)N[C@@H](Cc1c[nH]c3ccccc13)C(=O)N[C@@H](CCCNC(=N)N)C(=O)N2. The van der Waals surface area contributed by atoms with Crippen LogP contribution in [0.3, 0.4) is 0 Å². The van der Waals surface area contributed by atoms with Crippen molar-refractivity contribution in [1.82, 2.24) is 99.2 Å². The molecule has 2 aromatic heterocycles. The highest BCUT2D eigenvalue weighted by Crippen LogP contribution is 2.29. The number of para-hydroxylation sites is 1. The van der Waals surface area contributed by atoms with Gasteiger partial charge in [-0.25, -0.2) is 4.98 Å². The maximum absolute atomic E-state index is 15.5. The Balaban J connectivity index is 1.26. The van der Waals surface area contributed by atoms with E-state index in [0.29, 0.717) is 47.0 Å². The summed E-state index contributed by atoms with van der Waals surface area (Å²) in [5, 5.41) is 75.6. The lowest BCUT2D eigenvalue weighted by molar-refractivity contribution is -0.149. The molecule has 24 N–H and O–H groups in total. The molecule has 0 aliphatic carbocycles. The van der Waals surface area contributed by atoms with Crippen LogP contribution < -0.4 is 85.9 Å². The Hall–Kier alpha value is -11.1. The normalized spacial score (nSPS) is 26.9. The first-order chi connectivity index (χ1) is 55.9. The number of carbonyl (C=O) groups is 14. The van der Waals surface area contributed by atoms with Crippen molar-refractivity contribution >= 4 is 127 Å². The van der Waals surface area contributed by atoms with E-state index < -0.39 is 215 Å². The molecule has 117 heavy (non-hydrogen) atoms. The van der Waals surface area contributed by atoms with Gasteiger partial charge in [0.05, 0.1) is 19.0 Å². The van der Waals surface area contributed by atoms with E-state index in [-0.39, 0.29) is 90.4 Å². The number of imidazole rings is 1. The van der Waals surface area contributed by atoms with Gasteiger partial charge in [-0.05, 0) is 94.2 Å². The van der Waals surface area contributed by atoms with E-state index >= 15 is 38.4 Å². The van der Waals surface area contributed by atoms with Gasteiger partial charge in [0.1, 0.15) is 84.6 Å². The number of benzene rings is 2. The predicted octanol–water partition coefficient (Wildman–Crippen LogP) is -3.86. The molecule has 4 aromatic rings. The number of amides is 14. The first kappa shape index (κ1) is 91.5. The second-order valence-electron chi connectivity index (χ2n) is 29.8. The number of fused-ring (bicyclic) bond motifs is 8. The van der Waals surface area contributed by atoms with E-state index in [9.17, 15) is 39.0 Å². The Morgan fingerprint density at radius 3 is 1.56 bits per heavy atom. The predicted molar refractivity (Wildman–Crippen MR) is 434 cm³/mol. The van der Waals surface area contributed by atoms with Crippen LogP contribution in [0.2, 0.25) is 0 Å². The first-order valence-electron chi connectivity index (χ1n) is 39.4. The van der Waals surface area contributed by atoms with E-state index in [1.54, 1.807) is 88.5 Å². The number of rotatable bonds is 20. The number of aromatic nitrogens is 3. The van der Waals surface area contributed by atoms with Crippen LogP contribution in [0.5, 0.6) is 0 Å². The molecule has 2 aromatic carbocycles. The Bertz CT molecular complexity index is 4180. The smallest absolute Gasteiger partial charge is 0.246 e. The summed E-state index contributed by atoms with van der Waals surface area (Å²) >= 11 is 0. The van der Waals surface area contributed by atoms with Crippen LogP contribution in [0.15, 0.2) is 73.3 Å². The van der Waals surface area contributed by atoms with Crippen molar-refractivity contribution in [2.45, 2.75) is 216 Å². The molecule has 17 atom stereocenters. The number of aromatic amines is 2. The highest BCUT2D eigenvalue weighted by atomic mass is 33.1. The number of nitrogens with two attached hydrogens (primary N) is 2. The van der Waals surface area contributed by atoms with Gasteiger partial charge < -0.3 is 116 Å². The summed E-state index contributed by atoms with van der Waals surface area (Å²) in [5.41, 5.74) is 13.3. The van der Waals surface area contributed by atoms with Crippen molar-refractivity contribution in [2.75, 3.05) is 44.3 Å². The van der Waals surface area contributed by atoms with Gasteiger partial charge in [-0.2, -0.15) is 0 Å². The Morgan fingerprint density at radius 1 is 0.521 bits per heavy atom. The van der Waals surface area contributed by atoms with Crippen molar-refractivity contribution in [3.05, 3.63) is 90.1 Å². The second-order valence-corrected chi connectivity index (χ2v) is 32.4. The Labute approximate surface area is 684 Å². The van der Waals surface area contributed by atoms with Crippen LogP contribution in [0.4, 0.5) is 0 Å². The fourth-order valence-corrected chi connectivity index (χ4v) is 16.4. The van der Waals surface area contributed by atoms with Crippen LogP contribution in [0.25, 0.3) is 10.9 Å². The zero-order valence-corrected chi connectivity index (χ0v) is 67.9. The fourth-order valence-electron chi connectivity index (χ4n) is 14.1. The molecule has 0 spiro atoms. The number of H-pyrrole nitrogens is 2. The largest absolute Gasteiger partial charge is 0.394 e. The summed E-state index contributed by atoms with van der Waals surface area (Å²) in [6.07, 6.45) is 2.93. The van der Waals surface area contributed by atoms with Crippen molar-refractivity contribution in [3.63, 3.8) is 0 Å². The molecule has 6 heterocycles. The van der Waals surface area contributed by atoms with Gasteiger partial charge in [-0.15, -0.1) is 0 Å². The zero-order valence-electron chi connectivity index (χ0n) is 66.3. The molecule has 4 aliphatic heterocycles. The number of nitrogens with one attached hydrogen (secondary N) is 18. The highest BCUT2D eigenvalue weighted by Gasteiger charge is 2.47. The minimum Gasteiger partial charge on any atom is -0.394 e. The molecule has 4 fully saturated rings. The maximum Gasteiger partial charge on any atom is 0.246 e. The Morgan fingerprint density at radius 2 is 0.991 bits per heavy atom. The summed E-state index contributed by atoms with van der Waals surface area (Å²) in [4.78, 5) is 223. The lowest BCUT2D eigenvalue weighted by Crippen LogP contribution is -2.63. The van der Waals surface area contributed by atoms with Crippen LogP contribution >= 0.6 is 21.6 Å². The summed E-state index contributed by atoms with van der Waals surface area (Å²) in [6, 6.07) is -6.18. The third-order valence-electron chi connectivity index (χ3n) is 21.2. The molecule has 14 amide bonds. The molecule has 39 nitrogen and oxygen atoms in total. The summed E-state index contributed by atoms with van der Waals surface area (Å²) in [7, 11) is 1.68. The number of hydrogen-bond acceptors (Lipinski definition) is 21. The lowest BCUT2D eigenvalue weighted by Gasteiger charge is -2.35. The average Bonchev–Trinajstić information content (AvgIpc) is 1.67. The van der Waals surface area contributed by atoms with E-state index in [1.807, 2.05) is 0 Å². The van der Waals surface area contributed by atoms with Crippen molar-refractivity contribution in [3.8, 4) is 0 Å². The molecule has 638 valence electrons. The van der Waals surface area contributed by atoms with Crippen LogP contribution in [0.1, 0.15) is 123 Å². The van der Waals surface area contributed by atoms with Gasteiger partial charge in [0.2, 0.25) is 82.7 Å². The number of carbonyl (C=O) groups excluding carboxylic acids is 14. The molecule has 2 bridgehead atoms. The zero-order chi connectivity index (χ0) is 85.2. The number of nitrogens with zero attached hydrogens (tertiary/aromatic N) is 3. The third kappa shape index (κ3) is 26.0. The molecule has 41 heteroatoms. The van der Waals surface area contributed by atoms with Gasteiger partial charge in [0.25, 0.3) is 0 Å².